The first-order chi connectivity index (χ1) is 11.0. The lowest BCUT2D eigenvalue weighted by molar-refractivity contribution is 0.102. The van der Waals surface area contributed by atoms with Crippen LogP contribution in [0.25, 0.3) is 6.08 Å². The molecule has 0 spiro atoms. The number of anilines is 1. The minimum atomic E-state index is -0.839. The highest BCUT2D eigenvalue weighted by atomic mass is 16.3. The zero-order valence-electron chi connectivity index (χ0n) is 12.1. The Hall–Kier alpha value is -3.05. The third-order valence-electron chi connectivity index (χ3n) is 3.55. The summed E-state index contributed by atoms with van der Waals surface area (Å²) in [7, 11) is 0. The van der Waals surface area contributed by atoms with E-state index >= 15 is 0 Å². The van der Waals surface area contributed by atoms with Crippen molar-refractivity contribution >= 4 is 17.7 Å². The highest BCUT2D eigenvalue weighted by molar-refractivity contribution is 6.06. The summed E-state index contributed by atoms with van der Waals surface area (Å²) in [6.45, 7) is 0. The van der Waals surface area contributed by atoms with Crippen LogP contribution in [-0.4, -0.2) is 21.2 Å². The van der Waals surface area contributed by atoms with E-state index in [4.69, 9.17) is 0 Å². The van der Waals surface area contributed by atoms with Gasteiger partial charge >= 0.3 is 0 Å². The molecule has 23 heavy (non-hydrogen) atoms. The third-order valence-corrected chi connectivity index (χ3v) is 3.55. The van der Waals surface area contributed by atoms with Gasteiger partial charge in [-0.1, -0.05) is 30.4 Å². The average Bonchev–Trinajstić information content (AvgIpc) is 2.68. The molecular weight excluding hydrogens is 294 g/mol. The molecule has 0 saturated carbocycles. The number of fused-ring (bicyclic) bond motifs is 1. The number of allylic oxidation sites excluding steroid dienone is 2. The molecule has 1 aliphatic carbocycles. The van der Waals surface area contributed by atoms with Gasteiger partial charge in [-0.25, -0.2) is 0 Å². The fourth-order valence-electron chi connectivity index (χ4n) is 2.42. The minimum absolute atomic E-state index is 0.0334. The predicted molar refractivity (Wildman–Crippen MR) is 87.3 cm³/mol. The van der Waals surface area contributed by atoms with Crippen molar-refractivity contribution in [3.63, 3.8) is 0 Å². The van der Waals surface area contributed by atoms with Crippen molar-refractivity contribution in [3.8, 4) is 11.5 Å². The molecule has 2 aromatic carbocycles. The molecule has 2 aromatic rings. The Labute approximate surface area is 132 Å². The van der Waals surface area contributed by atoms with E-state index in [-0.39, 0.29) is 17.1 Å². The summed E-state index contributed by atoms with van der Waals surface area (Å²) in [5, 5.41) is 32.1. The van der Waals surface area contributed by atoms with E-state index in [1.807, 2.05) is 0 Å². The Kier molecular flexibility index (Phi) is 3.87. The van der Waals surface area contributed by atoms with Crippen molar-refractivity contribution in [2.24, 2.45) is 0 Å². The summed E-state index contributed by atoms with van der Waals surface area (Å²) in [4.78, 5) is 12.3. The summed E-state index contributed by atoms with van der Waals surface area (Å²) in [5.74, 6) is -0.689. The molecule has 1 atom stereocenters. The van der Waals surface area contributed by atoms with Crippen molar-refractivity contribution in [2.45, 2.75) is 6.10 Å². The Morgan fingerprint density at radius 1 is 1.09 bits per heavy atom. The lowest BCUT2D eigenvalue weighted by atomic mass is 9.98. The summed E-state index contributed by atoms with van der Waals surface area (Å²) >= 11 is 0. The normalized spacial score (nSPS) is 15.8. The van der Waals surface area contributed by atoms with Crippen LogP contribution < -0.4 is 5.32 Å². The van der Waals surface area contributed by atoms with Gasteiger partial charge in [0.05, 0.1) is 11.7 Å². The number of phenolic OH excluding ortho intramolecular Hbond substituents is 2. The van der Waals surface area contributed by atoms with Gasteiger partial charge in [0.25, 0.3) is 5.91 Å². The first kappa shape index (κ1) is 14.9. The van der Waals surface area contributed by atoms with E-state index in [1.165, 1.54) is 24.3 Å². The van der Waals surface area contributed by atoms with Crippen LogP contribution in [0.3, 0.4) is 0 Å². The number of aliphatic hydroxyl groups is 1. The molecule has 0 aliphatic heterocycles. The number of carbonyl (C=O) groups excluding carboxylic acids is 1. The largest absolute Gasteiger partial charge is 0.508 e. The van der Waals surface area contributed by atoms with Crippen LogP contribution in [0.15, 0.2) is 54.6 Å². The summed E-state index contributed by atoms with van der Waals surface area (Å²) in [6.07, 6.45) is 5.96. The molecule has 3 rings (SSSR count). The van der Waals surface area contributed by atoms with E-state index < -0.39 is 12.0 Å². The third kappa shape index (κ3) is 3.09. The number of rotatable bonds is 2. The molecule has 4 N–H and O–H groups in total. The standard InChI is InChI=1S/C18H15NO4/c20-13-6-3-5-12(9-13)19-18(23)15-8-11-4-1-2-7-16(21)14(11)10-17(15)22/h1-10,16,20-22H,(H,19,23). The van der Waals surface area contributed by atoms with Gasteiger partial charge in [0, 0.05) is 11.8 Å². The molecule has 1 aliphatic rings. The van der Waals surface area contributed by atoms with Crippen LogP contribution in [0.2, 0.25) is 0 Å². The van der Waals surface area contributed by atoms with Crippen molar-refractivity contribution in [1.82, 2.24) is 0 Å². The molecule has 0 fully saturated rings. The highest BCUT2D eigenvalue weighted by Crippen LogP contribution is 2.31. The van der Waals surface area contributed by atoms with Gasteiger partial charge in [0.15, 0.2) is 0 Å². The fourth-order valence-corrected chi connectivity index (χ4v) is 2.42. The van der Waals surface area contributed by atoms with Crippen molar-refractivity contribution in [1.29, 1.82) is 0 Å². The van der Waals surface area contributed by atoms with Crippen LogP contribution in [0, 0.1) is 0 Å². The molecule has 5 heteroatoms. The van der Waals surface area contributed by atoms with Gasteiger partial charge in [-0.3, -0.25) is 4.79 Å². The number of aromatic hydroxyl groups is 2. The van der Waals surface area contributed by atoms with Gasteiger partial charge in [0.2, 0.25) is 0 Å². The number of aliphatic hydroxyl groups excluding tert-OH is 1. The van der Waals surface area contributed by atoms with Crippen LogP contribution in [0.1, 0.15) is 27.6 Å². The summed E-state index contributed by atoms with van der Waals surface area (Å²) in [6, 6.07) is 9.05. The van der Waals surface area contributed by atoms with Crippen LogP contribution in [0.4, 0.5) is 5.69 Å². The maximum absolute atomic E-state index is 12.3. The Balaban J connectivity index is 1.94. The van der Waals surface area contributed by atoms with Gasteiger partial charge in [-0.15, -0.1) is 0 Å². The molecule has 0 saturated heterocycles. The molecule has 116 valence electrons. The van der Waals surface area contributed by atoms with E-state index in [1.54, 1.807) is 36.4 Å². The lowest BCUT2D eigenvalue weighted by Gasteiger charge is -2.13. The Morgan fingerprint density at radius 3 is 2.70 bits per heavy atom. The predicted octanol–water partition coefficient (Wildman–Crippen LogP) is 2.97. The molecule has 5 nitrogen and oxygen atoms in total. The smallest absolute Gasteiger partial charge is 0.259 e. The zero-order chi connectivity index (χ0) is 16.4. The maximum atomic E-state index is 12.3. The lowest BCUT2D eigenvalue weighted by Crippen LogP contribution is -2.13. The molecule has 0 aromatic heterocycles. The first-order valence-corrected chi connectivity index (χ1v) is 7.05. The molecule has 1 amide bonds. The summed E-state index contributed by atoms with van der Waals surface area (Å²) < 4.78 is 0. The monoisotopic (exact) mass is 309 g/mol. The van der Waals surface area contributed by atoms with Crippen molar-refractivity contribution in [2.75, 3.05) is 5.32 Å². The van der Waals surface area contributed by atoms with E-state index in [9.17, 15) is 20.1 Å². The molecule has 0 bridgehead atoms. The Morgan fingerprint density at radius 2 is 1.91 bits per heavy atom. The highest BCUT2D eigenvalue weighted by Gasteiger charge is 2.18. The van der Waals surface area contributed by atoms with Crippen LogP contribution in [-0.2, 0) is 0 Å². The topological polar surface area (TPSA) is 89.8 Å². The van der Waals surface area contributed by atoms with Gasteiger partial charge < -0.3 is 20.6 Å². The van der Waals surface area contributed by atoms with Crippen LogP contribution in [0.5, 0.6) is 11.5 Å². The van der Waals surface area contributed by atoms with E-state index in [2.05, 4.69) is 5.32 Å². The van der Waals surface area contributed by atoms with E-state index in [0.29, 0.717) is 16.8 Å². The number of amides is 1. The SMILES string of the molecule is O=C(Nc1cccc(O)c1)c1cc2c(cc1O)C(O)C=CC=C2. The number of hydrogen-bond donors (Lipinski definition) is 4. The van der Waals surface area contributed by atoms with Gasteiger partial charge in [-0.2, -0.15) is 0 Å². The number of nitrogens with one attached hydrogen (secondary N) is 1. The first-order valence-electron chi connectivity index (χ1n) is 7.05. The van der Waals surface area contributed by atoms with Crippen molar-refractivity contribution in [3.05, 3.63) is 71.3 Å². The second kappa shape index (κ2) is 5.98. The van der Waals surface area contributed by atoms with Gasteiger partial charge in [-0.05, 0) is 35.4 Å². The molecular formula is C18H15NO4. The quantitative estimate of drug-likeness (QED) is 0.686. The zero-order valence-corrected chi connectivity index (χ0v) is 12.1. The van der Waals surface area contributed by atoms with E-state index in [0.717, 1.165) is 0 Å². The number of carbonyl (C=O) groups is 1. The average molecular weight is 309 g/mol. The number of phenols is 2. The molecule has 1 unspecified atom stereocenters. The second-order valence-corrected chi connectivity index (χ2v) is 5.19. The van der Waals surface area contributed by atoms with Gasteiger partial charge in [0.1, 0.15) is 11.5 Å². The summed E-state index contributed by atoms with van der Waals surface area (Å²) in [5.41, 5.74) is 1.69. The number of hydrogen-bond acceptors (Lipinski definition) is 4. The maximum Gasteiger partial charge on any atom is 0.259 e. The minimum Gasteiger partial charge on any atom is -0.508 e. The fraction of sp³-hybridized carbons (Fsp3) is 0.0556. The molecule has 0 radical (unpaired) electrons. The van der Waals surface area contributed by atoms with Crippen molar-refractivity contribution < 1.29 is 20.1 Å². The Bertz CT molecular complexity index is 824. The van der Waals surface area contributed by atoms with Crippen LogP contribution >= 0.6 is 0 Å². The number of benzene rings is 2. The molecule has 0 heterocycles. The second-order valence-electron chi connectivity index (χ2n) is 5.19.